The Hall–Kier alpha value is -1.16. The van der Waals surface area contributed by atoms with Crippen molar-refractivity contribution < 1.29 is 0 Å². The summed E-state index contributed by atoms with van der Waals surface area (Å²) in [5.41, 5.74) is 1.14. The highest BCUT2D eigenvalue weighted by Crippen LogP contribution is 2.16. The Labute approximate surface area is 97.1 Å². The van der Waals surface area contributed by atoms with Gasteiger partial charge in [-0.1, -0.05) is 13.8 Å². The molecule has 1 aliphatic rings. The number of hydrogen-bond acceptors (Lipinski definition) is 4. The van der Waals surface area contributed by atoms with Crippen molar-refractivity contribution in [3.8, 4) is 0 Å². The molecule has 0 spiro atoms. The van der Waals surface area contributed by atoms with Crippen molar-refractivity contribution in [2.24, 2.45) is 11.8 Å². The third-order valence-electron chi connectivity index (χ3n) is 2.96. The molecule has 0 aliphatic carbocycles. The number of nitrogens with zero attached hydrogens (tertiary/aromatic N) is 3. The van der Waals surface area contributed by atoms with Crippen LogP contribution in [0.5, 0.6) is 0 Å². The maximum Gasteiger partial charge on any atom is 0.115 e. The van der Waals surface area contributed by atoms with Gasteiger partial charge in [-0.05, 0) is 24.9 Å². The van der Waals surface area contributed by atoms with Crippen molar-refractivity contribution in [3.05, 3.63) is 18.7 Å². The molecule has 88 valence electrons. The van der Waals surface area contributed by atoms with Crippen molar-refractivity contribution >= 4 is 5.69 Å². The monoisotopic (exact) mass is 220 g/mol. The minimum absolute atomic E-state index is 0.660. The Morgan fingerprint density at radius 1 is 1.12 bits per heavy atom. The van der Waals surface area contributed by atoms with Crippen molar-refractivity contribution in [1.82, 2.24) is 15.3 Å². The molecule has 16 heavy (non-hydrogen) atoms. The average Bonchev–Trinajstić information content (AvgIpc) is 2.27. The van der Waals surface area contributed by atoms with Crippen LogP contribution in [0.4, 0.5) is 5.69 Å². The lowest BCUT2D eigenvalue weighted by molar-refractivity contribution is 0.410. The molecule has 0 amide bonds. The fraction of sp³-hybridized carbons (Fsp3) is 0.667. The summed E-state index contributed by atoms with van der Waals surface area (Å²) >= 11 is 0. The zero-order chi connectivity index (χ0) is 11.4. The smallest absolute Gasteiger partial charge is 0.115 e. The van der Waals surface area contributed by atoms with Crippen LogP contribution in [0.3, 0.4) is 0 Å². The summed E-state index contributed by atoms with van der Waals surface area (Å²) in [6.45, 7) is 8.89. The topological polar surface area (TPSA) is 41.0 Å². The van der Waals surface area contributed by atoms with E-state index in [1.807, 2.05) is 12.4 Å². The van der Waals surface area contributed by atoms with Gasteiger partial charge in [-0.2, -0.15) is 0 Å². The quantitative estimate of drug-likeness (QED) is 0.771. The Morgan fingerprint density at radius 2 is 1.69 bits per heavy atom. The van der Waals surface area contributed by atoms with Crippen LogP contribution >= 0.6 is 0 Å². The Balaban J connectivity index is 2.10. The third kappa shape index (κ3) is 2.92. The number of aromatic nitrogens is 2. The second-order valence-corrected chi connectivity index (χ2v) is 4.87. The van der Waals surface area contributed by atoms with E-state index < -0.39 is 0 Å². The molecule has 2 rings (SSSR count). The molecule has 4 nitrogen and oxygen atoms in total. The largest absolute Gasteiger partial charge is 0.368 e. The molecule has 4 heteroatoms. The summed E-state index contributed by atoms with van der Waals surface area (Å²) in [4.78, 5) is 10.6. The predicted octanol–water partition coefficient (Wildman–Crippen LogP) is 1.16. The first kappa shape index (κ1) is 11.3. The van der Waals surface area contributed by atoms with Gasteiger partial charge in [0.2, 0.25) is 0 Å². The molecule has 1 aliphatic heterocycles. The highest BCUT2D eigenvalue weighted by Gasteiger charge is 2.17. The van der Waals surface area contributed by atoms with Crippen molar-refractivity contribution in [2.45, 2.75) is 13.8 Å². The van der Waals surface area contributed by atoms with Crippen LogP contribution in [-0.2, 0) is 0 Å². The van der Waals surface area contributed by atoms with Crippen LogP contribution in [0, 0.1) is 11.8 Å². The van der Waals surface area contributed by atoms with E-state index in [9.17, 15) is 0 Å². The van der Waals surface area contributed by atoms with Gasteiger partial charge in [-0.15, -0.1) is 0 Å². The van der Waals surface area contributed by atoms with Crippen LogP contribution in [0.15, 0.2) is 18.7 Å². The molecule has 2 unspecified atom stereocenters. The number of hydrogen-bond donors (Lipinski definition) is 1. The van der Waals surface area contributed by atoms with Crippen LogP contribution in [0.2, 0.25) is 0 Å². The van der Waals surface area contributed by atoms with Gasteiger partial charge in [0, 0.05) is 13.1 Å². The number of rotatable bonds is 1. The van der Waals surface area contributed by atoms with Crippen molar-refractivity contribution in [1.29, 1.82) is 0 Å². The molecule has 0 aromatic carbocycles. The van der Waals surface area contributed by atoms with Gasteiger partial charge in [0.05, 0.1) is 18.1 Å². The maximum atomic E-state index is 4.10. The fourth-order valence-corrected chi connectivity index (χ4v) is 2.20. The molecule has 2 heterocycles. The normalized spacial score (nSPS) is 27.2. The van der Waals surface area contributed by atoms with Gasteiger partial charge in [0.15, 0.2) is 0 Å². The zero-order valence-electron chi connectivity index (χ0n) is 10.1. The van der Waals surface area contributed by atoms with Crippen LogP contribution in [0.1, 0.15) is 13.8 Å². The van der Waals surface area contributed by atoms with E-state index in [1.54, 1.807) is 6.33 Å². The summed E-state index contributed by atoms with van der Waals surface area (Å²) in [5.74, 6) is 1.32. The average molecular weight is 220 g/mol. The van der Waals surface area contributed by atoms with E-state index in [1.165, 1.54) is 0 Å². The highest BCUT2D eigenvalue weighted by atomic mass is 15.2. The first-order valence-electron chi connectivity index (χ1n) is 5.96. The Kier molecular flexibility index (Phi) is 3.72. The summed E-state index contributed by atoms with van der Waals surface area (Å²) in [5, 5.41) is 3.50. The lowest BCUT2D eigenvalue weighted by Gasteiger charge is -2.32. The first-order chi connectivity index (χ1) is 7.75. The van der Waals surface area contributed by atoms with E-state index in [4.69, 9.17) is 0 Å². The summed E-state index contributed by atoms with van der Waals surface area (Å²) in [6.07, 6.45) is 5.39. The molecule has 1 saturated heterocycles. The number of anilines is 1. The van der Waals surface area contributed by atoms with Crippen molar-refractivity contribution in [2.75, 3.05) is 31.1 Å². The molecule has 0 saturated carbocycles. The van der Waals surface area contributed by atoms with E-state index in [0.29, 0.717) is 11.8 Å². The van der Waals surface area contributed by atoms with Crippen molar-refractivity contribution in [3.63, 3.8) is 0 Å². The SMILES string of the molecule is CC1CNCC(C)CN(c2cncnc2)C1. The van der Waals surface area contributed by atoms with Gasteiger partial charge in [-0.25, -0.2) is 9.97 Å². The minimum Gasteiger partial charge on any atom is -0.368 e. The zero-order valence-corrected chi connectivity index (χ0v) is 10.1. The van der Waals surface area contributed by atoms with Crippen LogP contribution in [-0.4, -0.2) is 36.1 Å². The lowest BCUT2D eigenvalue weighted by Crippen LogP contribution is -2.42. The first-order valence-corrected chi connectivity index (χ1v) is 5.96. The molecule has 1 fully saturated rings. The summed E-state index contributed by atoms with van der Waals surface area (Å²) in [6, 6.07) is 0. The lowest BCUT2D eigenvalue weighted by atomic mass is 10.1. The fourth-order valence-electron chi connectivity index (χ4n) is 2.20. The van der Waals surface area contributed by atoms with Crippen LogP contribution in [0.25, 0.3) is 0 Å². The second kappa shape index (κ2) is 5.25. The van der Waals surface area contributed by atoms with E-state index in [-0.39, 0.29) is 0 Å². The molecule has 0 radical (unpaired) electrons. The van der Waals surface area contributed by atoms with Gasteiger partial charge >= 0.3 is 0 Å². The molecular weight excluding hydrogens is 200 g/mol. The molecule has 1 aromatic heterocycles. The molecule has 1 aromatic rings. The highest BCUT2D eigenvalue weighted by molar-refractivity contribution is 5.41. The molecule has 1 N–H and O–H groups in total. The molecule has 2 atom stereocenters. The van der Waals surface area contributed by atoms with Gasteiger partial charge < -0.3 is 10.2 Å². The van der Waals surface area contributed by atoms with E-state index in [2.05, 4.69) is 34.0 Å². The Bertz CT molecular complexity index is 302. The molecule has 0 bridgehead atoms. The molecular formula is C12H20N4. The van der Waals surface area contributed by atoms with Crippen LogP contribution < -0.4 is 10.2 Å². The third-order valence-corrected chi connectivity index (χ3v) is 2.96. The minimum atomic E-state index is 0.660. The van der Waals surface area contributed by atoms with E-state index in [0.717, 1.165) is 31.9 Å². The predicted molar refractivity (Wildman–Crippen MR) is 65.4 cm³/mol. The maximum absolute atomic E-state index is 4.10. The van der Waals surface area contributed by atoms with Gasteiger partial charge in [0.1, 0.15) is 6.33 Å². The van der Waals surface area contributed by atoms with Gasteiger partial charge in [-0.3, -0.25) is 0 Å². The van der Waals surface area contributed by atoms with Gasteiger partial charge in [0.25, 0.3) is 0 Å². The number of nitrogens with one attached hydrogen (secondary N) is 1. The summed E-state index contributed by atoms with van der Waals surface area (Å²) in [7, 11) is 0. The standard InChI is InChI=1S/C12H20N4/c1-10-3-13-4-11(2)8-16(7-10)12-5-14-9-15-6-12/h5-6,9-11,13H,3-4,7-8H2,1-2H3. The second-order valence-electron chi connectivity index (χ2n) is 4.87. The summed E-state index contributed by atoms with van der Waals surface area (Å²) < 4.78 is 0. The Morgan fingerprint density at radius 3 is 2.25 bits per heavy atom. The van der Waals surface area contributed by atoms with E-state index >= 15 is 0 Å².